The van der Waals surface area contributed by atoms with E-state index in [1.54, 1.807) is 6.92 Å². The number of aliphatic carboxylic acids is 2. The van der Waals surface area contributed by atoms with E-state index < -0.39 is 11.9 Å². The predicted octanol–water partition coefficient (Wildman–Crippen LogP) is 1.65. The summed E-state index contributed by atoms with van der Waals surface area (Å²) in [4.78, 5) is 21.1. The molecule has 1 aliphatic heterocycles. The molecule has 0 radical (unpaired) electrons. The Bertz CT molecular complexity index is 491. The number of carboxylic acid groups (broad SMARTS) is 2. The first kappa shape index (κ1) is 14.5. The SMILES string of the molecule is CC1=C(C(=O)O)C=C(C(=O)O)CN1.c1ccccc1. The summed E-state index contributed by atoms with van der Waals surface area (Å²) in [5.41, 5.74) is 0.546. The summed E-state index contributed by atoms with van der Waals surface area (Å²) in [6.07, 6.45) is 1.18. The summed E-state index contributed by atoms with van der Waals surface area (Å²) < 4.78 is 0. The number of hydrogen-bond acceptors (Lipinski definition) is 3. The molecule has 5 nitrogen and oxygen atoms in total. The maximum Gasteiger partial charge on any atom is 0.337 e. The van der Waals surface area contributed by atoms with Gasteiger partial charge in [0.05, 0.1) is 11.1 Å². The van der Waals surface area contributed by atoms with Crippen molar-refractivity contribution in [3.05, 3.63) is 59.3 Å². The average Bonchev–Trinajstić information content (AvgIpc) is 2.41. The van der Waals surface area contributed by atoms with Crippen molar-refractivity contribution in [1.29, 1.82) is 0 Å². The molecule has 0 bridgehead atoms. The molecule has 1 heterocycles. The summed E-state index contributed by atoms with van der Waals surface area (Å²) in [5, 5.41) is 20.0. The van der Waals surface area contributed by atoms with Crippen LogP contribution in [0, 0.1) is 0 Å². The molecule has 0 saturated carbocycles. The van der Waals surface area contributed by atoms with Gasteiger partial charge in [-0.05, 0) is 13.0 Å². The lowest BCUT2D eigenvalue weighted by atomic mass is 10.1. The van der Waals surface area contributed by atoms with Crippen LogP contribution in [-0.2, 0) is 9.59 Å². The fourth-order valence-corrected chi connectivity index (χ4v) is 1.40. The third-order valence-electron chi connectivity index (χ3n) is 2.44. The molecule has 5 heteroatoms. The number of allylic oxidation sites excluding steroid dienone is 1. The van der Waals surface area contributed by atoms with Crippen LogP contribution in [-0.4, -0.2) is 28.7 Å². The molecule has 0 atom stereocenters. The molecule has 1 aliphatic rings. The smallest absolute Gasteiger partial charge is 0.337 e. The molecule has 1 aromatic rings. The Kier molecular flexibility index (Phi) is 5.35. The van der Waals surface area contributed by atoms with E-state index in [1.165, 1.54) is 6.08 Å². The van der Waals surface area contributed by atoms with Crippen LogP contribution in [0.2, 0.25) is 0 Å². The van der Waals surface area contributed by atoms with Gasteiger partial charge in [-0.25, -0.2) is 9.59 Å². The lowest BCUT2D eigenvalue weighted by Crippen LogP contribution is -2.26. The van der Waals surface area contributed by atoms with Gasteiger partial charge in [-0.15, -0.1) is 0 Å². The Morgan fingerprint density at radius 1 is 1.00 bits per heavy atom. The van der Waals surface area contributed by atoms with E-state index in [1.807, 2.05) is 36.4 Å². The molecule has 0 fully saturated rings. The van der Waals surface area contributed by atoms with E-state index in [0.717, 1.165) is 0 Å². The average molecular weight is 261 g/mol. The highest BCUT2D eigenvalue weighted by Crippen LogP contribution is 2.12. The fraction of sp³-hybridized carbons (Fsp3) is 0.143. The van der Waals surface area contributed by atoms with E-state index in [-0.39, 0.29) is 17.7 Å². The minimum atomic E-state index is -1.12. The predicted molar refractivity (Wildman–Crippen MR) is 70.5 cm³/mol. The normalized spacial score (nSPS) is 13.6. The summed E-state index contributed by atoms with van der Waals surface area (Å²) >= 11 is 0. The van der Waals surface area contributed by atoms with Crippen molar-refractivity contribution in [2.45, 2.75) is 6.92 Å². The Morgan fingerprint density at radius 2 is 1.47 bits per heavy atom. The first-order valence-electron chi connectivity index (χ1n) is 5.64. The van der Waals surface area contributed by atoms with Gasteiger partial charge in [0.25, 0.3) is 0 Å². The molecule has 0 aliphatic carbocycles. The van der Waals surface area contributed by atoms with Crippen LogP contribution in [0.1, 0.15) is 6.92 Å². The van der Waals surface area contributed by atoms with Gasteiger partial charge in [0.1, 0.15) is 0 Å². The Balaban J connectivity index is 0.000000250. The number of hydrogen-bond donors (Lipinski definition) is 3. The number of dihydropyridines is 1. The van der Waals surface area contributed by atoms with Crippen LogP contribution in [0.15, 0.2) is 59.3 Å². The van der Waals surface area contributed by atoms with Crippen LogP contribution >= 0.6 is 0 Å². The minimum Gasteiger partial charge on any atom is -0.478 e. The maximum absolute atomic E-state index is 10.6. The van der Waals surface area contributed by atoms with Crippen molar-refractivity contribution in [3.8, 4) is 0 Å². The maximum atomic E-state index is 10.6. The zero-order chi connectivity index (χ0) is 14.3. The summed E-state index contributed by atoms with van der Waals surface area (Å²) in [6, 6.07) is 12.0. The highest BCUT2D eigenvalue weighted by molar-refractivity contribution is 5.96. The molecule has 0 aromatic heterocycles. The lowest BCUT2D eigenvalue weighted by molar-refractivity contribution is -0.132. The molecule has 0 spiro atoms. The number of nitrogens with one attached hydrogen (secondary N) is 1. The van der Waals surface area contributed by atoms with Gasteiger partial charge in [0.2, 0.25) is 0 Å². The largest absolute Gasteiger partial charge is 0.478 e. The molecule has 0 unspecified atom stereocenters. The van der Waals surface area contributed by atoms with Crippen molar-refractivity contribution in [2.24, 2.45) is 0 Å². The highest BCUT2D eigenvalue weighted by atomic mass is 16.4. The first-order valence-corrected chi connectivity index (χ1v) is 5.64. The highest BCUT2D eigenvalue weighted by Gasteiger charge is 2.18. The number of rotatable bonds is 2. The number of carboxylic acids is 2. The van der Waals surface area contributed by atoms with Gasteiger partial charge in [0.15, 0.2) is 0 Å². The lowest BCUT2D eigenvalue weighted by Gasteiger charge is -2.14. The van der Waals surface area contributed by atoms with Crippen LogP contribution in [0.25, 0.3) is 0 Å². The first-order chi connectivity index (χ1) is 9.02. The zero-order valence-corrected chi connectivity index (χ0v) is 10.5. The second kappa shape index (κ2) is 7.00. The van der Waals surface area contributed by atoms with Crippen molar-refractivity contribution >= 4 is 11.9 Å². The molecule has 3 N–H and O–H groups in total. The van der Waals surface area contributed by atoms with E-state index in [2.05, 4.69) is 5.32 Å². The molecule has 100 valence electrons. The van der Waals surface area contributed by atoms with Gasteiger partial charge in [0, 0.05) is 12.2 Å². The summed E-state index contributed by atoms with van der Waals surface area (Å²) in [5.74, 6) is -2.22. The molecule has 1 aromatic carbocycles. The molecular formula is C14H15NO4. The third-order valence-corrected chi connectivity index (χ3v) is 2.44. The van der Waals surface area contributed by atoms with Crippen molar-refractivity contribution in [1.82, 2.24) is 5.32 Å². The topological polar surface area (TPSA) is 86.6 Å². The zero-order valence-electron chi connectivity index (χ0n) is 10.5. The van der Waals surface area contributed by atoms with Gasteiger partial charge in [-0.2, -0.15) is 0 Å². The molecule has 2 rings (SSSR count). The van der Waals surface area contributed by atoms with E-state index in [4.69, 9.17) is 10.2 Å². The second-order valence-electron chi connectivity index (χ2n) is 3.83. The van der Waals surface area contributed by atoms with E-state index >= 15 is 0 Å². The van der Waals surface area contributed by atoms with Crippen LogP contribution in [0.5, 0.6) is 0 Å². The van der Waals surface area contributed by atoms with Crippen LogP contribution in [0.4, 0.5) is 0 Å². The van der Waals surface area contributed by atoms with E-state index in [9.17, 15) is 9.59 Å². The van der Waals surface area contributed by atoms with Crippen LogP contribution < -0.4 is 5.32 Å². The second-order valence-corrected chi connectivity index (χ2v) is 3.83. The molecule has 0 saturated heterocycles. The monoisotopic (exact) mass is 261 g/mol. The van der Waals surface area contributed by atoms with Crippen molar-refractivity contribution < 1.29 is 19.8 Å². The summed E-state index contributed by atoms with van der Waals surface area (Å²) in [6.45, 7) is 1.76. The minimum absolute atomic E-state index is 0.00338. The summed E-state index contributed by atoms with van der Waals surface area (Å²) in [7, 11) is 0. The number of benzene rings is 1. The van der Waals surface area contributed by atoms with Gasteiger partial charge >= 0.3 is 11.9 Å². The van der Waals surface area contributed by atoms with Crippen molar-refractivity contribution in [3.63, 3.8) is 0 Å². The Labute approximate surface area is 110 Å². The Morgan fingerprint density at radius 3 is 1.84 bits per heavy atom. The number of carbonyl (C=O) groups is 2. The quantitative estimate of drug-likeness (QED) is 0.753. The molecule has 0 amide bonds. The van der Waals surface area contributed by atoms with E-state index in [0.29, 0.717) is 5.70 Å². The van der Waals surface area contributed by atoms with Gasteiger partial charge in [-0.3, -0.25) is 0 Å². The Hall–Kier alpha value is -2.56. The standard InChI is InChI=1S/C8H9NO4.C6H6/c1-4-6(8(12)13)2-5(3-9-4)7(10)11;1-2-4-6-5-3-1/h2,9H,3H2,1H3,(H,10,11)(H,12,13);1-6H. The van der Waals surface area contributed by atoms with Gasteiger partial charge < -0.3 is 15.5 Å². The molecule has 19 heavy (non-hydrogen) atoms. The fourth-order valence-electron chi connectivity index (χ4n) is 1.40. The van der Waals surface area contributed by atoms with Crippen LogP contribution in [0.3, 0.4) is 0 Å². The van der Waals surface area contributed by atoms with Crippen molar-refractivity contribution in [2.75, 3.05) is 6.54 Å². The third kappa shape index (κ3) is 4.67. The van der Waals surface area contributed by atoms with Gasteiger partial charge in [-0.1, -0.05) is 36.4 Å². The molecular weight excluding hydrogens is 246 g/mol.